The summed E-state index contributed by atoms with van der Waals surface area (Å²) in [6, 6.07) is 9.15. The summed E-state index contributed by atoms with van der Waals surface area (Å²) in [6.07, 6.45) is 2.75. The van der Waals surface area contributed by atoms with E-state index in [1.807, 2.05) is 18.2 Å². The highest BCUT2D eigenvalue weighted by Gasteiger charge is 2.35. The van der Waals surface area contributed by atoms with Crippen LogP contribution in [0.4, 0.5) is 0 Å². The largest absolute Gasteiger partial charge is 0.486 e. The van der Waals surface area contributed by atoms with Crippen molar-refractivity contribution < 1.29 is 37.6 Å². The maximum Gasteiger partial charge on any atom is 0.242 e. The second kappa shape index (κ2) is 16.5. The van der Waals surface area contributed by atoms with Gasteiger partial charge in [0.25, 0.3) is 0 Å². The maximum absolute atomic E-state index is 12.7. The quantitative estimate of drug-likeness (QED) is 0.180. The standard InChI is InChI=1S/C15H19N4O4P.C15H21N2O4P/c16-18-17-13(15(20)19-5-1-2-6-19)14(23-24)10-3-4-11-12(9-10)22-8-7-21-11;16-13(15(18)17-5-1-2-6-17)14(21-22)10-3-4-11-12(9-10)20-8-7-19-11/h3-4,9,13-14H,1-2,5-8,24H2;3-4,9,13-14H,1-2,5-8,16,22H2. The highest BCUT2D eigenvalue weighted by Crippen LogP contribution is 2.37. The van der Waals surface area contributed by atoms with Gasteiger partial charge in [0.15, 0.2) is 23.0 Å². The van der Waals surface area contributed by atoms with Gasteiger partial charge in [-0.2, -0.15) is 0 Å². The number of rotatable bonds is 9. The van der Waals surface area contributed by atoms with E-state index in [1.54, 1.807) is 28.0 Å². The zero-order valence-corrected chi connectivity index (χ0v) is 27.8. The van der Waals surface area contributed by atoms with Crippen molar-refractivity contribution in [2.45, 2.75) is 50.0 Å². The van der Waals surface area contributed by atoms with Crippen molar-refractivity contribution in [3.05, 3.63) is 58.0 Å². The van der Waals surface area contributed by atoms with Gasteiger partial charge in [0.1, 0.15) is 50.7 Å². The monoisotopic (exact) mass is 674 g/mol. The van der Waals surface area contributed by atoms with Crippen LogP contribution in [0.15, 0.2) is 41.5 Å². The van der Waals surface area contributed by atoms with Crippen molar-refractivity contribution >= 4 is 30.7 Å². The molecule has 6 rings (SSSR count). The number of likely N-dealkylation sites (tertiary alicyclic amines) is 2. The van der Waals surface area contributed by atoms with Crippen molar-refractivity contribution in [3.8, 4) is 23.0 Å². The molecule has 2 aromatic rings. The molecule has 4 aliphatic heterocycles. The Balaban J connectivity index is 0.000000182. The number of hydrogen-bond donors (Lipinski definition) is 1. The van der Waals surface area contributed by atoms with Crippen LogP contribution in [0.1, 0.15) is 49.0 Å². The molecule has 2 amide bonds. The molecule has 4 aliphatic rings. The molecule has 248 valence electrons. The number of azide groups is 1. The van der Waals surface area contributed by atoms with E-state index in [-0.39, 0.29) is 11.8 Å². The molecule has 0 saturated carbocycles. The molecule has 0 radical (unpaired) electrons. The normalized spacial score (nSPS) is 19.2. The minimum atomic E-state index is -0.965. The number of nitrogens with two attached hydrogens (primary N) is 1. The lowest BCUT2D eigenvalue weighted by Gasteiger charge is -2.27. The number of hydrogen-bond acceptors (Lipinski definition) is 10. The molecule has 6 atom stereocenters. The molecule has 2 aromatic carbocycles. The van der Waals surface area contributed by atoms with Gasteiger partial charge in [0.05, 0.1) is 0 Å². The zero-order valence-electron chi connectivity index (χ0n) is 25.5. The Morgan fingerprint density at radius 1 is 0.739 bits per heavy atom. The molecule has 0 bridgehead atoms. The van der Waals surface area contributed by atoms with Gasteiger partial charge in [-0.1, -0.05) is 17.2 Å². The molecule has 2 fully saturated rings. The van der Waals surface area contributed by atoms with Gasteiger partial charge in [-0.15, -0.1) is 0 Å². The topological polar surface area (TPSA) is 171 Å². The number of carbonyl (C=O) groups excluding carboxylic acids is 2. The van der Waals surface area contributed by atoms with Crippen molar-refractivity contribution in [2.24, 2.45) is 10.8 Å². The van der Waals surface area contributed by atoms with E-state index < -0.39 is 24.3 Å². The van der Waals surface area contributed by atoms with E-state index in [9.17, 15) is 9.59 Å². The van der Waals surface area contributed by atoms with E-state index >= 15 is 0 Å². The molecule has 2 N–H and O–H groups in total. The minimum absolute atomic E-state index is 0.0696. The van der Waals surface area contributed by atoms with E-state index in [0.717, 1.165) is 44.3 Å². The molecule has 6 unspecified atom stereocenters. The number of ether oxygens (including phenoxy) is 4. The summed E-state index contributed by atoms with van der Waals surface area (Å²) in [5.74, 6) is 2.33. The summed E-state index contributed by atoms with van der Waals surface area (Å²) in [7, 11) is 4.36. The van der Waals surface area contributed by atoms with Gasteiger partial charge in [-0.25, -0.2) is 0 Å². The average molecular weight is 675 g/mol. The minimum Gasteiger partial charge on any atom is -0.486 e. The first kappa shape index (κ1) is 34.0. The number of fused-ring (bicyclic) bond motifs is 2. The fraction of sp³-hybridized carbons (Fsp3) is 0.533. The van der Waals surface area contributed by atoms with Gasteiger partial charge < -0.3 is 43.5 Å². The van der Waals surface area contributed by atoms with Crippen LogP contribution in [0.3, 0.4) is 0 Å². The second-order valence-corrected chi connectivity index (χ2v) is 11.7. The summed E-state index contributed by atoms with van der Waals surface area (Å²) in [6.45, 7) is 4.95. The zero-order chi connectivity index (χ0) is 32.5. The van der Waals surface area contributed by atoms with Crippen molar-refractivity contribution in [1.29, 1.82) is 0 Å². The molecule has 14 nitrogen and oxygen atoms in total. The third kappa shape index (κ3) is 7.94. The van der Waals surface area contributed by atoms with E-state index in [2.05, 4.69) is 29.0 Å². The maximum atomic E-state index is 12.7. The molecule has 0 aliphatic carbocycles. The number of amides is 2. The summed E-state index contributed by atoms with van der Waals surface area (Å²) >= 11 is 0. The summed E-state index contributed by atoms with van der Waals surface area (Å²) in [5, 5.41) is 3.71. The third-order valence-corrected chi connectivity index (χ3v) is 8.83. The van der Waals surface area contributed by atoms with Gasteiger partial charge >= 0.3 is 0 Å². The first-order chi connectivity index (χ1) is 22.4. The fourth-order valence-electron chi connectivity index (χ4n) is 5.88. The van der Waals surface area contributed by atoms with E-state index in [1.165, 1.54) is 0 Å². The van der Waals surface area contributed by atoms with Gasteiger partial charge in [-0.3, -0.25) is 9.59 Å². The average Bonchev–Trinajstić information content (AvgIpc) is 3.84. The highest BCUT2D eigenvalue weighted by atomic mass is 31.0. The third-order valence-electron chi connectivity index (χ3n) is 8.25. The van der Waals surface area contributed by atoms with Gasteiger partial charge in [0, 0.05) is 50.0 Å². The SMILES string of the molecule is NC(C(=O)N1CCCC1)C(OP)c1ccc2c(c1)OCCO2.[N-]=[N+]=NC(C(=O)N1CCCC1)C(OP)c1ccc2c(c1)OCCO2. The van der Waals surface area contributed by atoms with Crippen molar-refractivity contribution in [1.82, 2.24) is 9.80 Å². The Kier molecular flexibility index (Phi) is 12.2. The van der Waals surface area contributed by atoms with Gasteiger partial charge in [-0.05, 0) is 66.6 Å². The van der Waals surface area contributed by atoms with Crippen molar-refractivity contribution in [2.75, 3.05) is 52.6 Å². The Morgan fingerprint density at radius 2 is 1.17 bits per heavy atom. The molecular formula is C30H40N6O8P2. The van der Waals surface area contributed by atoms with Crippen LogP contribution in [0, 0.1) is 0 Å². The molecule has 4 heterocycles. The van der Waals surface area contributed by atoms with Gasteiger partial charge in [0.2, 0.25) is 11.8 Å². The Labute approximate surface area is 272 Å². The lowest BCUT2D eigenvalue weighted by Crippen LogP contribution is -2.46. The molecule has 0 spiro atoms. The Bertz CT molecular complexity index is 1420. The summed E-state index contributed by atoms with van der Waals surface area (Å²) in [5.41, 5.74) is 16.5. The first-order valence-corrected chi connectivity index (χ1v) is 16.3. The Morgan fingerprint density at radius 3 is 1.63 bits per heavy atom. The Hall–Kier alpha value is -3.37. The van der Waals surface area contributed by atoms with Crippen LogP contribution in [-0.2, 0) is 18.6 Å². The van der Waals surface area contributed by atoms with Crippen LogP contribution in [0.2, 0.25) is 0 Å². The smallest absolute Gasteiger partial charge is 0.242 e. The van der Waals surface area contributed by atoms with Crippen LogP contribution >= 0.6 is 18.9 Å². The van der Waals surface area contributed by atoms with Crippen LogP contribution < -0.4 is 24.7 Å². The predicted molar refractivity (Wildman–Crippen MR) is 174 cm³/mol. The van der Waals surface area contributed by atoms with Crippen molar-refractivity contribution in [3.63, 3.8) is 0 Å². The number of carbonyl (C=O) groups is 2. The van der Waals surface area contributed by atoms with Crippen LogP contribution in [-0.4, -0.2) is 86.3 Å². The second-order valence-electron chi connectivity index (χ2n) is 11.2. The summed E-state index contributed by atoms with van der Waals surface area (Å²) in [4.78, 5) is 31.5. The lowest BCUT2D eigenvalue weighted by atomic mass is 10.0. The number of nitrogens with zero attached hydrogens (tertiary/aromatic N) is 5. The fourth-order valence-corrected chi connectivity index (χ4v) is 6.51. The first-order valence-electron chi connectivity index (χ1n) is 15.3. The molecule has 0 aromatic heterocycles. The van der Waals surface area contributed by atoms with E-state index in [4.69, 9.17) is 39.3 Å². The molecule has 2 saturated heterocycles. The summed E-state index contributed by atoms with van der Waals surface area (Å²) < 4.78 is 33.0. The lowest BCUT2D eigenvalue weighted by molar-refractivity contribution is -0.134. The van der Waals surface area contributed by atoms with Crippen LogP contribution in [0.5, 0.6) is 23.0 Å². The predicted octanol–water partition coefficient (Wildman–Crippen LogP) is 3.86. The molecule has 16 heteroatoms. The van der Waals surface area contributed by atoms with Crippen LogP contribution in [0.25, 0.3) is 10.4 Å². The molecular weight excluding hydrogens is 634 g/mol. The molecule has 46 heavy (non-hydrogen) atoms. The number of benzene rings is 2. The van der Waals surface area contributed by atoms with E-state index in [0.29, 0.717) is 68.1 Å². The highest BCUT2D eigenvalue weighted by molar-refractivity contribution is 7.10.